The average Bonchev–Trinajstić information content (AvgIpc) is 2.69. The Morgan fingerprint density at radius 1 is 1.00 bits per heavy atom. The molecule has 27 heavy (non-hydrogen) atoms. The summed E-state index contributed by atoms with van der Waals surface area (Å²) >= 11 is 0. The van der Waals surface area contributed by atoms with Crippen molar-refractivity contribution in [2.75, 3.05) is 11.9 Å². The van der Waals surface area contributed by atoms with E-state index in [1.165, 1.54) is 5.56 Å². The van der Waals surface area contributed by atoms with Gasteiger partial charge in [0.25, 0.3) is 5.91 Å². The Bertz CT molecular complexity index is 738. The molecule has 5 heteroatoms. The van der Waals surface area contributed by atoms with E-state index >= 15 is 0 Å². The number of aryl methyl sites for hydroxylation is 1. The molecule has 0 aliphatic carbocycles. The Labute approximate surface area is 160 Å². The number of rotatable bonds is 9. The zero-order chi connectivity index (χ0) is 19.6. The lowest BCUT2D eigenvalue weighted by atomic mass is 10.1. The molecule has 0 heterocycles. The predicted octanol–water partition coefficient (Wildman–Crippen LogP) is 4.61. The van der Waals surface area contributed by atoms with Crippen molar-refractivity contribution in [3.63, 3.8) is 0 Å². The first kappa shape index (κ1) is 20.5. The molecular weight excluding hydrogens is 342 g/mol. The lowest BCUT2D eigenvalue weighted by molar-refractivity contribution is -0.123. The molecule has 0 aliphatic rings. The number of unbranched alkanes of at least 4 members (excludes halogenated alkanes) is 1. The third kappa shape index (κ3) is 6.44. The van der Waals surface area contributed by atoms with Crippen molar-refractivity contribution < 1.29 is 19.1 Å². The average molecular weight is 369 g/mol. The second-order valence-corrected chi connectivity index (χ2v) is 6.31. The Kier molecular flexibility index (Phi) is 7.86. The number of hydrogen-bond donors (Lipinski definition) is 1. The maximum absolute atomic E-state index is 12.2. The lowest BCUT2D eigenvalue weighted by Gasteiger charge is -2.14. The molecule has 1 atom stereocenters. The molecule has 0 bridgehead atoms. The maximum atomic E-state index is 12.2. The van der Waals surface area contributed by atoms with Crippen LogP contribution in [0.4, 0.5) is 5.69 Å². The highest BCUT2D eigenvalue weighted by molar-refractivity contribution is 5.97. The Morgan fingerprint density at radius 2 is 1.67 bits per heavy atom. The number of benzene rings is 2. The van der Waals surface area contributed by atoms with Crippen molar-refractivity contribution in [3.8, 4) is 5.75 Å². The fourth-order valence-corrected chi connectivity index (χ4v) is 2.37. The Balaban J connectivity index is 1.86. The van der Waals surface area contributed by atoms with Crippen molar-refractivity contribution in [1.29, 1.82) is 0 Å². The first-order valence-electron chi connectivity index (χ1n) is 9.37. The monoisotopic (exact) mass is 369 g/mol. The standard InChI is InChI=1S/C22H27NO4/c1-4-6-15-26-20-13-9-18(10-14-20)22(25)27-16(3)21(24)23-19-11-7-17(5-2)8-12-19/h7-14,16H,4-6,15H2,1-3H3,(H,23,24). The second kappa shape index (κ2) is 10.4. The molecule has 5 nitrogen and oxygen atoms in total. The summed E-state index contributed by atoms with van der Waals surface area (Å²) in [5, 5.41) is 2.75. The van der Waals surface area contributed by atoms with Gasteiger partial charge in [-0.1, -0.05) is 32.4 Å². The number of ether oxygens (including phenoxy) is 2. The molecule has 144 valence electrons. The molecule has 2 aromatic rings. The van der Waals surface area contributed by atoms with Crippen LogP contribution >= 0.6 is 0 Å². The number of carbonyl (C=O) groups is 2. The van der Waals surface area contributed by atoms with Crippen LogP contribution in [0.2, 0.25) is 0 Å². The van der Waals surface area contributed by atoms with Gasteiger partial charge in [0.2, 0.25) is 0 Å². The van der Waals surface area contributed by atoms with Crippen LogP contribution in [0.25, 0.3) is 0 Å². The fraction of sp³-hybridized carbons (Fsp3) is 0.364. The minimum absolute atomic E-state index is 0.368. The summed E-state index contributed by atoms with van der Waals surface area (Å²) in [5.41, 5.74) is 2.24. The van der Waals surface area contributed by atoms with E-state index in [0.29, 0.717) is 23.6 Å². The van der Waals surface area contributed by atoms with Gasteiger partial charge in [-0.05, 0) is 61.7 Å². The largest absolute Gasteiger partial charge is 0.494 e. The zero-order valence-electron chi connectivity index (χ0n) is 16.2. The summed E-state index contributed by atoms with van der Waals surface area (Å²) in [6.07, 6.45) is 2.08. The summed E-state index contributed by atoms with van der Waals surface area (Å²) in [6, 6.07) is 14.3. The van der Waals surface area contributed by atoms with Gasteiger partial charge in [0.15, 0.2) is 6.10 Å². The van der Waals surface area contributed by atoms with Crippen LogP contribution < -0.4 is 10.1 Å². The molecule has 0 saturated carbocycles. The van der Waals surface area contributed by atoms with E-state index in [4.69, 9.17) is 9.47 Å². The molecule has 2 rings (SSSR count). The quantitative estimate of drug-likeness (QED) is 0.518. The highest BCUT2D eigenvalue weighted by Crippen LogP contribution is 2.15. The van der Waals surface area contributed by atoms with E-state index in [1.54, 1.807) is 31.2 Å². The fourth-order valence-electron chi connectivity index (χ4n) is 2.37. The molecule has 0 fully saturated rings. The first-order chi connectivity index (χ1) is 13.0. The molecule has 1 amide bonds. The normalized spacial score (nSPS) is 11.5. The van der Waals surface area contributed by atoms with Crippen molar-refractivity contribution in [2.24, 2.45) is 0 Å². The minimum atomic E-state index is -0.899. The van der Waals surface area contributed by atoms with Gasteiger partial charge in [0.1, 0.15) is 5.75 Å². The van der Waals surface area contributed by atoms with Gasteiger partial charge in [-0.25, -0.2) is 4.79 Å². The van der Waals surface area contributed by atoms with Crippen LogP contribution in [0.1, 0.15) is 49.5 Å². The van der Waals surface area contributed by atoms with Crippen LogP contribution in [0.3, 0.4) is 0 Å². The van der Waals surface area contributed by atoms with Gasteiger partial charge in [-0.15, -0.1) is 0 Å². The van der Waals surface area contributed by atoms with Gasteiger partial charge >= 0.3 is 5.97 Å². The number of anilines is 1. The molecule has 2 aromatic carbocycles. The Morgan fingerprint density at radius 3 is 2.26 bits per heavy atom. The molecule has 0 aliphatic heterocycles. The SMILES string of the molecule is CCCCOc1ccc(C(=O)OC(C)C(=O)Nc2ccc(CC)cc2)cc1. The molecule has 0 saturated heterocycles. The van der Waals surface area contributed by atoms with E-state index in [1.807, 2.05) is 24.3 Å². The highest BCUT2D eigenvalue weighted by atomic mass is 16.5. The van der Waals surface area contributed by atoms with Gasteiger partial charge in [0, 0.05) is 5.69 Å². The molecule has 0 radical (unpaired) electrons. The summed E-state index contributed by atoms with van der Waals surface area (Å²) in [6.45, 7) is 6.37. The van der Waals surface area contributed by atoms with Crippen molar-refractivity contribution >= 4 is 17.6 Å². The number of carbonyl (C=O) groups excluding carboxylic acids is 2. The number of hydrogen-bond acceptors (Lipinski definition) is 4. The Hall–Kier alpha value is -2.82. The lowest BCUT2D eigenvalue weighted by Crippen LogP contribution is -2.30. The second-order valence-electron chi connectivity index (χ2n) is 6.31. The molecule has 1 unspecified atom stereocenters. The topological polar surface area (TPSA) is 64.6 Å². The van der Waals surface area contributed by atoms with E-state index < -0.39 is 12.1 Å². The van der Waals surface area contributed by atoms with E-state index in [9.17, 15) is 9.59 Å². The summed E-state index contributed by atoms with van der Waals surface area (Å²) in [7, 11) is 0. The predicted molar refractivity (Wildman–Crippen MR) is 106 cm³/mol. The van der Waals surface area contributed by atoms with Crippen LogP contribution in [0, 0.1) is 0 Å². The number of esters is 1. The zero-order valence-corrected chi connectivity index (χ0v) is 16.2. The number of nitrogens with one attached hydrogen (secondary N) is 1. The van der Waals surface area contributed by atoms with Crippen LogP contribution in [0.15, 0.2) is 48.5 Å². The molecule has 0 spiro atoms. The summed E-state index contributed by atoms with van der Waals surface area (Å²) in [4.78, 5) is 24.5. The first-order valence-corrected chi connectivity index (χ1v) is 9.37. The summed E-state index contributed by atoms with van der Waals surface area (Å²) in [5.74, 6) is -0.201. The van der Waals surface area contributed by atoms with Crippen LogP contribution in [-0.2, 0) is 16.0 Å². The van der Waals surface area contributed by atoms with E-state index in [-0.39, 0.29) is 5.91 Å². The number of amides is 1. The smallest absolute Gasteiger partial charge is 0.338 e. The van der Waals surface area contributed by atoms with Gasteiger partial charge in [0.05, 0.1) is 12.2 Å². The third-order valence-corrected chi connectivity index (χ3v) is 4.14. The van der Waals surface area contributed by atoms with Crippen LogP contribution in [0.5, 0.6) is 5.75 Å². The van der Waals surface area contributed by atoms with Crippen molar-refractivity contribution in [1.82, 2.24) is 0 Å². The van der Waals surface area contributed by atoms with Gasteiger partial charge in [-0.2, -0.15) is 0 Å². The maximum Gasteiger partial charge on any atom is 0.338 e. The van der Waals surface area contributed by atoms with E-state index in [2.05, 4.69) is 19.2 Å². The van der Waals surface area contributed by atoms with E-state index in [0.717, 1.165) is 19.3 Å². The molecular formula is C22H27NO4. The highest BCUT2D eigenvalue weighted by Gasteiger charge is 2.19. The molecule has 1 N–H and O–H groups in total. The summed E-state index contributed by atoms with van der Waals surface area (Å²) < 4.78 is 10.8. The van der Waals surface area contributed by atoms with Crippen LogP contribution in [-0.4, -0.2) is 24.6 Å². The molecule has 0 aromatic heterocycles. The minimum Gasteiger partial charge on any atom is -0.494 e. The van der Waals surface area contributed by atoms with Gasteiger partial charge in [-0.3, -0.25) is 4.79 Å². The van der Waals surface area contributed by atoms with Gasteiger partial charge < -0.3 is 14.8 Å². The van der Waals surface area contributed by atoms with Crippen molar-refractivity contribution in [2.45, 2.75) is 46.1 Å². The van der Waals surface area contributed by atoms with Crippen molar-refractivity contribution in [3.05, 3.63) is 59.7 Å². The third-order valence-electron chi connectivity index (χ3n) is 4.14.